The summed E-state index contributed by atoms with van der Waals surface area (Å²) in [4.78, 5) is 28.1. The van der Waals surface area contributed by atoms with E-state index in [1.807, 2.05) is 6.07 Å². The van der Waals surface area contributed by atoms with E-state index in [9.17, 15) is 19.7 Å². The average molecular weight is 421 g/mol. The summed E-state index contributed by atoms with van der Waals surface area (Å²) >= 11 is 0. The Hall–Kier alpha value is -3.57. The summed E-state index contributed by atoms with van der Waals surface area (Å²) in [5, 5.41) is 27.6. The Balaban J connectivity index is 1.41. The molecule has 0 aliphatic carbocycles. The van der Waals surface area contributed by atoms with Crippen molar-refractivity contribution in [1.82, 2.24) is 20.0 Å². The van der Waals surface area contributed by atoms with Crippen molar-refractivity contribution in [3.63, 3.8) is 0 Å². The number of carbonyl (C=O) groups excluding carboxylic acids is 1. The second kappa shape index (κ2) is 8.66. The molecular formula is C20H20BN5O5. The lowest BCUT2D eigenvalue weighted by Gasteiger charge is -2.27. The van der Waals surface area contributed by atoms with E-state index in [2.05, 4.69) is 15.3 Å². The number of rotatable bonds is 7. The van der Waals surface area contributed by atoms with Gasteiger partial charge < -0.3 is 20.5 Å². The number of benzene rings is 1. The van der Waals surface area contributed by atoms with Crippen LogP contribution in [0.4, 0.5) is 0 Å². The molecule has 0 unspecified atom stereocenters. The van der Waals surface area contributed by atoms with E-state index >= 15 is 0 Å². The molecule has 1 aliphatic heterocycles. The third-order valence-corrected chi connectivity index (χ3v) is 5.15. The smallest absolute Gasteiger partial charge is 0.526 e. The number of nitrogens with two attached hydrogens (primary N) is 1. The van der Waals surface area contributed by atoms with Gasteiger partial charge in [-0.25, -0.2) is 9.48 Å². The Morgan fingerprint density at radius 3 is 2.84 bits per heavy atom. The topological polar surface area (TPSA) is 153 Å². The maximum Gasteiger partial charge on any atom is 0.526 e. The predicted molar refractivity (Wildman–Crippen MR) is 110 cm³/mol. The fourth-order valence-electron chi connectivity index (χ4n) is 3.57. The zero-order valence-electron chi connectivity index (χ0n) is 16.5. The molecule has 158 valence electrons. The number of Topliss-reactive ketones (excluding diaryl/α,β-unsaturated/α-hetero) is 1. The SMILES string of the molecule is NCc1ccc(-c2cn(CC(=O)C[C@H]3Cc4cccc(C(=O)O)c4OB3O)nn2)cn1. The molecule has 0 spiro atoms. The van der Waals surface area contributed by atoms with Gasteiger partial charge in [0.1, 0.15) is 18.0 Å². The zero-order valence-corrected chi connectivity index (χ0v) is 16.5. The van der Waals surface area contributed by atoms with Gasteiger partial charge in [-0.05, 0) is 30.2 Å². The highest BCUT2D eigenvalue weighted by Gasteiger charge is 2.37. The second-order valence-electron chi connectivity index (χ2n) is 7.36. The van der Waals surface area contributed by atoms with Crippen molar-refractivity contribution in [2.45, 2.75) is 31.7 Å². The van der Waals surface area contributed by atoms with Crippen molar-refractivity contribution in [2.75, 3.05) is 0 Å². The lowest BCUT2D eigenvalue weighted by Crippen LogP contribution is -2.36. The number of fused-ring (bicyclic) bond motifs is 1. The molecule has 1 atom stereocenters. The molecule has 11 heteroatoms. The largest absolute Gasteiger partial charge is 0.535 e. The number of carbonyl (C=O) groups is 2. The molecule has 31 heavy (non-hydrogen) atoms. The number of hydrogen-bond acceptors (Lipinski definition) is 8. The molecule has 2 aromatic heterocycles. The Kier molecular flexibility index (Phi) is 5.78. The van der Waals surface area contributed by atoms with Crippen LogP contribution in [0, 0.1) is 0 Å². The van der Waals surface area contributed by atoms with Crippen molar-refractivity contribution >= 4 is 18.9 Å². The van der Waals surface area contributed by atoms with Crippen molar-refractivity contribution < 1.29 is 24.4 Å². The van der Waals surface area contributed by atoms with Crippen molar-refractivity contribution in [1.29, 1.82) is 0 Å². The molecule has 1 aromatic carbocycles. The highest BCUT2D eigenvalue weighted by molar-refractivity contribution is 6.47. The summed E-state index contributed by atoms with van der Waals surface area (Å²) < 4.78 is 6.87. The Labute approximate surface area is 177 Å². The summed E-state index contributed by atoms with van der Waals surface area (Å²) in [5.74, 6) is -1.62. The first-order valence-corrected chi connectivity index (χ1v) is 9.71. The van der Waals surface area contributed by atoms with E-state index in [0.29, 0.717) is 24.2 Å². The summed E-state index contributed by atoms with van der Waals surface area (Å²) in [6, 6.07) is 8.41. The lowest BCUT2D eigenvalue weighted by atomic mass is 9.64. The van der Waals surface area contributed by atoms with Gasteiger partial charge in [0.2, 0.25) is 0 Å². The van der Waals surface area contributed by atoms with Gasteiger partial charge in [-0.3, -0.25) is 9.78 Å². The van der Waals surface area contributed by atoms with E-state index in [1.165, 1.54) is 10.7 Å². The number of aromatic nitrogens is 4. The standard InChI is InChI=1S/C20H20BN5O5/c22-8-15-5-4-13(9-23-15)18-11-26(25-24-18)10-16(27)7-14-6-12-2-1-3-17(20(28)29)19(12)31-21(14)30/h1-5,9,11,14,30H,6-8,10,22H2,(H,28,29)/t14-/m1/s1. The molecule has 0 bridgehead atoms. The van der Waals surface area contributed by atoms with Gasteiger partial charge in [-0.1, -0.05) is 17.3 Å². The van der Waals surface area contributed by atoms with Crippen LogP contribution in [0.3, 0.4) is 0 Å². The minimum Gasteiger partial charge on any atom is -0.535 e. The Bertz CT molecular complexity index is 1120. The van der Waals surface area contributed by atoms with Gasteiger partial charge in [0.05, 0.1) is 17.5 Å². The van der Waals surface area contributed by atoms with Crippen LogP contribution in [0.25, 0.3) is 11.3 Å². The predicted octanol–water partition coefficient (Wildman–Crippen LogP) is 0.942. The fraction of sp³-hybridized carbons (Fsp3) is 0.250. The highest BCUT2D eigenvalue weighted by atomic mass is 16.5. The summed E-state index contributed by atoms with van der Waals surface area (Å²) in [7, 11) is -1.27. The first-order valence-electron chi connectivity index (χ1n) is 9.71. The monoisotopic (exact) mass is 421 g/mol. The molecular weight excluding hydrogens is 401 g/mol. The molecule has 0 fully saturated rings. The lowest BCUT2D eigenvalue weighted by molar-refractivity contribution is -0.120. The van der Waals surface area contributed by atoms with E-state index in [0.717, 1.165) is 11.3 Å². The zero-order chi connectivity index (χ0) is 22.0. The second-order valence-corrected chi connectivity index (χ2v) is 7.36. The summed E-state index contributed by atoms with van der Waals surface area (Å²) in [6.07, 6.45) is 3.70. The van der Waals surface area contributed by atoms with Crippen molar-refractivity contribution in [3.8, 4) is 17.0 Å². The van der Waals surface area contributed by atoms with Gasteiger partial charge in [0.15, 0.2) is 5.78 Å². The minimum atomic E-state index is -1.27. The van der Waals surface area contributed by atoms with Crippen LogP contribution < -0.4 is 10.4 Å². The number of ketones is 1. The van der Waals surface area contributed by atoms with E-state index in [1.54, 1.807) is 30.6 Å². The number of para-hydroxylation sites is 1. The summed E-state index contributed by atoms with van der Waals surface area (Å²) in [5.41, 5.74) is 8.30. The van der Waals surface area contributed by atoms with Crippen LogP contribution >= 0.6 is 0 Å². The third kappa shape index (κ3) is 4.47. The van der Waals surface area contributed by atoms with E-state index < -0.39 is 18.9 Å². The molecule has 0 amide bonds. The highest BCUT2D eigenvalue weighted by Crippen LogP contribution is 2.36. The van der Waals surface area contributed by atoms with Crippen LogP contribution in [0.5, 0.6) is 5.75 Å². The molecule has 0 saturated heterocycles. The first-order chi connectivity index (χ1) is 14.9. The van der Waals surface area contributed by atoms with E-state index in [4.69, 9.17) is 10.4 Å². The maximum absolute atomic E-state index is 12.6. The minimum absolute atomic E-state index is 0.00739. The number of hydrogen-bond donors (Lipinski definition) is 3. The van der Waals surface area contributed by atoms with E-state index in [-0.39, 0.29) is 30.1 Å². The maximum atomic E-state index is 12.6. The number of nitrogens with zero attached hydrogens (tertiary/aromatic N) is 4. The van der Waals surface area contributed by atoms with Crippen LogP contribution in [0.15, 0.2) is 42.7 Å². The Morgan fingerprint density at radius 2 is 2.13 bits per heavy atom. The van der Waals surface area contributed by atoms with Crippen molar-refractivity contribution in [2.24, 2.45) is 5.73 Å². The molecule has 1 aliphatic rings. The molecule has 4 rings (SSSR count). The number of carboxylic acids is 1. The normalized spacial score (nSPS) is 15.3. The van der Waals surface area contributed by atoms with Crippen LogP contribution in [0.2, 0.25) is 5.82 Å². The molecule has 3 heterocycles. The number of pyridine rings is 1. The first kappa shape index (κ1) is 20.7. The average Bonchev–Trinajstić information content (AvgIpc) is 3.22. The molecule has 10 nitrogen and oxygen atoms in total. The van der Waals surface area contributed by atoms with Crippen LogP contribution in [-0.4, -0.2) is 49.0 Å². The van der Waals surface area contributed by atoms with Crippen LogP contribution in [0.1, 0.15) is 28.0 Å². The van der Waals surface area contributed by atoms with Gasteiger partial charge in [-0.15, -0.1) is 5.10 Å². The van der Waals surface area contributed by atoms with Gasteiger partial charge >= 0.3 is 13.1 Å². The Morgan fingerprint density at radius 1 is 1.29 bits per heavy atom. The van der Waals surface area contributed by atoms with Gasteiger partial charge in [-0.2, -0.15) is 0 Å². The van der Waals surface area contributed by atoms with Gasteiger partial charge in [0, 0.05) is 30.5 Å². The van der Waals surface area contributed by atoms with Crippen molar-refractivity contribution in [3.05, 3.63) is 59.5 Å². The molecule has 3 aromatic rings. The fourth-order valence-corrected chi connectivity index (χ4v) is 3.57. The third-order valence-electron chi connectivity index (χ3n) is 5.15. The molecule has 0 radical (unpaired) electrons. The van der Waals surface area contributed by atoms with Crippen LogP contribution in [-0.2, 0) is 24.3 Å². The summed E-state index contributed by atoms with van der Waals surface area (Å²) in [6.45, 7) is 0.340. The van der Waals surface area contributed by atoms with Gasteiger partial charge in [0.25, 0.3) is 0 Å². The number of aromatic carboxylic acids is 1. The molecule has 0 saturated carbocycles. The molecule has 4 N–H and O–H groups in total. The number of carboxylic acid groups (broad SMARTS) is 1. The quantitative estimate of drug-likeness (QED) is 0.473.